The smallest absolute Gasteiger partial charge is 0.225 e. The number of amides is 1. The Kier molecular flexibility index (Phi) is 5.67. The Bertz CT molecular complexity index is 1090. The van der Waals surface area contributed by atoms with Crippen molar-refractivity contribution < 1.29 is 9.53 Å². The molecule has 6 heteroatoms. The molecule has 1 fully saturated rings. The van der Waals surface area contributed by atoms with Gasteiger partial charge in [-0.3, -0.25) is 9.78 Å². The zero-order chi connectivity index (χ0) is 21.9. The van der Waals surface area contributed by atoms with Crippen LogP contribution in [0.5, 0.6) is 5.75 Å². The van der Waals surface area contributed by atoms with Gasteiger partial charge in [0.25, 0.3) is 0 Å². The monoisotopic (exact) mass is 428 g/mol. The third-order valence-electron chi connectivity index (χ3n) is 6.60. The summed E-state index contributed by atoms with van der Waals surface area (Å²) in [6.07, 6.45) is 4.27. The lowest BCUT2D eigenvalue weighted by atomic mass is 9.83. The number of anilines is 2. The van der Waals surface area contributed by atoms with E-state index in [1.807, 2.05) is 24.3 Å². The van der Waals surface area contributed by atoms with E-state index in [9.17, 15) is 4.79 Å². The van der Waals surface area contributed by atoms with Gasteiger partial charge in [-0.2, -0.15) is 0 Å². The van der Waals surface area contributed by atoms with Crippen molar-refractivity contribution in [3.05, 3.63) is 84.2 Å². The van der Waals surface area contributed by atoms with Gasteiger partial charge in [-0.15, -0.1) is 0 Å². The Morgan fingerprint density at radius 2 is 1.94 bits per heavy atom. The van der Waals surface area contributed by atoms with Crippen molar-refractivity contribution in [2.45, 2.75) is 19.0 Å². The van der Waals surface area contributed by atoms with E-state index >= 15 is 0 Å². The minimum absolute atomic E-state index is 0.110. The third-order valence-corrected chi connectivity index (χ3v) is 6.60. The number of nitrogens with one attached hydrogen (secondary N) is 1. The first-order valence-electron chi connectivity index (χ1n) is 11.1. The number of fused-ring (bicyclic) bond motifs is 3. The van der Waals surface area contributed by atoms with Crippen molar-refractivity contribution in [2.75, 3.05) is 36.5 Å². The van der Waals surface area contributed by atoms with E-state index in [1.165, 1.54) is 11.3 Å². The van der Waals surface area contributed by atoms with Gasteiger partial charge in [0.2, 0.25) is 5.91 Å². The number of carbonyl (C=O) groups is 1. The summed E-state index contributed by atoms with van der Waals surface area (Å²) in [5.74, 6) is 0.851. The number of piperazine rings is 1. The largest absolute Gasteiger partial charge is 0.497 e. The molecule has 32 heavy (non-hydrogen) atoms. The molecule has 6 nitrogen and oxygen atoms in total. The molecule has 1 saturated heterocycles. The van der Waals surface area contributed by atoms with E-state index in [0.29, 0.717) is 6.54 Å². The molecule has 0 bridgehead atoms. The maximum absolute atomic E-state index is 13.4. The summed E-state index contributed by atoms with van der Waals surface area (Å²) in [5.41, 5.74) is 4.71. The van der Waals surface area contributed by atoms with Gasteiger partial charge in [-0.05, 0) is 47.9 Å². The van der Waals surface area contributed by atoms with E-state index in [4.69, 9.17) is 4.74 Å². The highest BCUT2D eigenvalue weighted by Gasteiger charge is 2.41. The molecule has 2 aliphatic heterocycles. The first kappa shape index (κ1) is 20.4. The molecule has 5 rings (SSSR count). The van der Waals surface area contributed by atoms with Gasteiger partial charge in [0.05, 0.1) is 19.1 Å². The normalized spacial score (nSPS) is 19.7. The highest BCUT2D eigenvalue weighted by Crippen LogP contribution is 2.37. The van der Waals surface area contributed by atoms with Gasteiger partial charge < -0.3 is 19.9 Å². The van der Waals surface area contributed by atoms with Crippen molar-refractivity contribution in [1.29, 1.82) is 0 Å². The average molecular weight is 429 g/mol. The fourth-order valence-corrected chi connectivity index (χ4v) is 4.92. The lowest BCUT2D eigenvalue weighted by molar-refractivity contribution is -0.126. The van der Waals surface area contributed by atoms with E-state index < -0.39 is 0 Å². The van der Waals surface area contributed by atoms with Gasteiger partial charge in [-0.1, -0.05) is 24.3 Å². The van der Waals surface area contributed by atoms with Crippen LogP contribution in [-0.2, 0) is 17.8 Å². The number of carbonyl (C=O) groups excluding carboxylic acids is 1. The maximum Gasteiger partial charge on any atom is 0.225 e. The van der Waals surface area contributed by atoms with Gasteiger partial charge in [0.15, 0.2) is 0 Å². The average Bonchev–Trinajstić information content (AvgIpc) is 2.87. The SMILES string of the molecule is COc1cccc(N2CCN3c4ccccc4CC(C(=O)NCc4ccncc4)C3C2)c1. The molecule has 2 unspecified atom stereocenters. The van der Waals surface area contributed by atoms with Crippen LogP contribution < -0.4 is 19.9 Å². The topological polar surface area (TPSA) is 57.7 Å². The third kappa shape index (κ3) is 4.00. The number of pyridine rings is 1. The lowest BCUT2D eigenvalue weighted by Gasteiger charge is -2.49. The fraction of sp³-hybridized carbons (Fsp3) is 0.308. The van der Waals surface area contributed by atoms with Gasteiger partial charge in [0, 0.05) is 56.0 Å². The van der Waals surface area contributed by atoms with Crippen LogP contribution in [0.4, 0.5) is 11.4 Å². The minimum atomic E-state index is -0.111. The Morgan fingerprint density at radius 3 is 2.78 bits per heavy atom. The highest BCUT2D eigenvalue weighted by molar-refractivity contribution is 5.82. The fourth-order valence-electron chi connectivity index (χ4n) is 4.92. The first-order valence-corrected chi connectivity index (χ1v) is 11.1. The van der Waals surface area contributed by atoms with Crippen LogP contribution in [0.3, 0.4) is 0 Å². The Balaban J connectivity index is 1.40. The van der Waals surface area contributed by atoms with Crippen LogP contribution in [0.1, 0.15) is 11.1 Å². The number of ether oxygens (including phenoxy) is 1. The summed E-state index contributed by atoms with van der Waals surface area (Å²) in [4.78, 5) is 22.3. The second-order valence-electron chi connectivity index (χ2n) is 8.42. The second-order valence-corrected chi connectivity index (χ2v) is 8.42. The summed E-state index contributed by atoms with van der Waals surface area (Å²) in [7, 11) is 1.69. The zero-order valence-corrected chi connectivity index (χ0v) is 18.3. The van der Waals surface area contributed by atoms with Gasteiger partial charge >= 0.3 is 0 Å². The van der Waals surface area contributed by atoms with Crippen molar-refractivity contribution in [1.82, 2.24) is 10.3 Å². The molecular weight excluding hydrogens is 400 g/mol. The molecule has 0 radical (unpaired) electrons. The molecule has 3 heterocycles. The van der Waals surface area contributed by atoms with Crippen molar-refractivity contribution in [3.8, 4) is 5.75 Å². The van der Waals surface area contributed by atoms with Crippen LogP contribution in [0, 0.1) is 5.92 Å². The first-order chi connectivity index (χ1) is 15.7. The van der Waals surface area contributed by atoms with Crippen molar-refractivity contribution >= 4 is 17.3 Å². The number of hydrogen-bond donors (Lipinski definition) is 1. The molecule has 1 N–H and O–H groups in total. The highest BCUT2D eigenvalue weighted by atomic mass is 16.5. The van der Waals surface area contributed by atoms with Gasteiger partial charge in [0.1, 0.15) is 5.75 Å². The predicted octanol–water partition coefficient (Wildman–Crippen LogP) is 3.27. The lowest BCUT2D eigenvalue weighted by Crippen LogP contribution is -2.61. The van der Waals surface area contributed by atoms with Crippen LogP contribution in [-0.4, -0.2) is 43.7 Å². The van der Waals surface area contributed by atoms with E-state index in [2.05, 4.69) is 56.5 Å². The van der Waals surface area contributed by atoms with Crippen molar-refractivity contribution in [3.63, 3.8) is 0 Å². The zero-order valence-electron chi connectivity index (χ0n) is 18.3. The Morgan fingerprint density at radius 1 is 1.09 bits per heavy atom. The van der Waals surface area contributed by atoms with E-state index in [0.717, 1.165) is 43.1 Å². The molecule has 2 aliphatic rings. The number of methoxy groups -OCH3 is 1. The second kappa shape index (κ2) is 8.91. The quantitative estimate of drug-likeness (QED) is 0.676. The minimum Gasteiger partial charge on any atom is -0.497 e. The van der Waals surface area contributed by atoms with Crippen LogP contribution in [0.15, 0.2) is 73.1 Å². The molecule has 1 aromatic heterocycles. The van der Waals surface area contributed by atoms with Gasteiger partial charge in [-0.25, -0.2) is 0 Å². The number of hydrogen-bond acceptors (Lipinski definition) is 5. The molecule has 0 saturated carbocycles. The van der Waals surface area contributed by atoms with Crippen LogP contribution >= 0.6 is 0 Å². The summed E-state index contributed by atoms with van der Waals surface area (Å²) >= 11 is 0. The molecule has 1 amide bonds. The van der Waals surface area contributed by atoms with E-state index in [1.54, 1.807) is 19.5 Å². The molecule has 0 spiro atoms. The molecule has 0 aliphatic carbocycles. The van der Waals surface area contributed by atoms with Crippen LogP contribution in [0.25, 0.3) is 0 Å². The predicted molar refractivity (Wildman–Crippen MR) is 126 cm³/mol. The van der Waals surface area contributed by atoms with Crippen molar-refractivity contribution in [2.24, 2.45) is 5.92 Å². The van der Waals surface area contributed by atoms with E-state index in [-0.39, 0.29) is 17.9 Å². The Labute approximate surface area is 188 Å². The summed E-state index contributed by atoms with van der Waals surface area (Å²) < 4.78 is 5.43. The molecule has 2 atom stereocenters. The maximum atomic E-state index is 13.4. The molecule has 2 aromatic carbocycles. The Hall–Kier alpha value is -3.54. The summed E-state index contributed by atoms with van der Waals surface area (Å²) in [5, 5.41) is 3.17. The molecular formula is C26H28N4O2. The number of para-hydroxylation sites is 1. The molecule has 164 valence electrons. The van der Waals surface area contributed by atoms with Crippen LogP contribution in [0.2, 0.25) is 0 Å². The number of benzene rings is 2. The standard InChI is InChI=1S/C26H28N4O2/c1-32-22-7-4-6-21(16-22)29-13-14-30-24-8-3-2-5-20(24)15-23(25(30)18-29)26(31)28-17-19-9-11-27-12-10-19/h2-12,16,23,25H,13-15,17-18H2,1H3,(H,28,31). The summed E-state index contributed by atoms with van der Waals surface area (Å²) in [6.45, 7) is 3.11. The number of nitrogens with zero attached hydrogens (tertiary/aromatic N) is 3. The number of aromatic nitrogens is 1. The number of rotatable bonds is 5. The summed E-state index contributed by atoms with van der Waals surface area (Å²) in [6, 6.07) is 20.7. The molecule has 3 aromatic rings.